The third-order valence-electron chi connectivity index (χ3n) is 2.43. The van der Waals surface area contributed by atoms with E-state index in [-0.39, 0.29) is 17.4 Å². The number of aryl methyl sites for hydroxylation is 1. The highest BCUT2D eigenvalue weighted by atomic mass is 79.9. The molecule has 1 aromatic heterocycles. The maximum absolute atomic E-state index is 11.0. The molecule has 1 aromatic carbocycles. The quantitative estimate of drug-likeness (QED) is 0.635. The highest BCUT2D eigenvalue weighted by Crippen LogP contribution is 2.31. The van der Waals surface area contributed by atoms with Gasteiger partial charge in [-0.05, 0) is 34.0 Å². The van der Waals surface area contributed by atoms with Gasteiger partial charge in [0.1, 0.15) is 0 Å². The van der Waals surface area contributed by atoms with Gasteiger partial charge in [-0.2, -0.15) is 0 Å². The van der Waals surface area contributed by atoms with E-state index in [0.717, 1.165) is 12.0 Å². The van der Waals surface area contributed by atoms with Crippen LogP contribution in [0, 0.1) is 10.1 Å². The molecule has 0 amide bonds. The monoisotopic (exact) mass is 323 g/mol. The third-order valence-corrected chi connectivity index (χ3v) is 2.84. The number of ether oxygens (including phenoxy) is 1. The summed E-state index contributed by atoms with van der Waals surface area (Å²) in [6.45, 7) is 1.93. The lowest BCUT2D eigenvalue weighted by molar-refractivity contribution is -0.385. The first-order valence-electron chi connectivity index (χ1n) is 5.53. The Morgan fingerprint density at radius 3 is 2.63 bits per heavy atom. The predicted octanol–water partition coefficient (Wildman–Crippen LogP) is 3.50. The van der Waals surface area contributed by atoms with Crippen molar-refractivity contribution >= 4 is 21.6 Å². The van der Waals surface area contributed by atoms with E-state index in [4.69, 9.17) is 4.74 Å². The van der Waals surface area contributed by atoms with Crippen molar-refractivity contribution < 1.29 is 9.66 Å². The number of halogens is 1. The zero-order chi connectivity index (χ0) is 13.8. The molecule has 1 heterocycles. The Labute approximate surface area is 117 Å². The van der Waals surface area contributed by atoms with Crippen molar-refractivity contribution in [2.24, 2.45) is 0 Å². The summed E-state index contributed by atoms with van der Waals surface area (Å²) in [5.74, 6) is 0.129. The highest BCUT2D eigenvalue weighted by molar-refractivity contribution is 9.10. The molecule has 98 valence electrons. The lowest BCUT2D eigenvalue weighted by Gasteiger charge is -2.05. The van der Waals surface area contributed by atoms with Gasteiger partial charge in [0.25, 0.3) is 0 Å². The van der Waals surface area contributed by atoms with Gasteiger partial charge in [0, 0.05) is 18.5 Å². The lowest BCUT2D eigenvalue weighted by Crippen LogP contribution is -1.97. The topological polar surface area (TPSA) is 78.2 Å². The van der Waals surface area contributed by atoms with Gasteiger partial charge < -0.3 is 4.74 Å². The Bertz CT molecular complexity index is 602. The van der Waals surface area contributed by atoms with Gasteiger partial charge in [0.05, 0.1) is 9.40 Å². The molecule has 2 aromatic rings. The predicted molar refractivity (Wildman–Crippen MR) is 72.3 cm³/mol. The van der Waals surface area contributed by atoms with Crippen LogP contribution < -0.4 is 4.74 Å². The fourth-order valence-electron chi connectivity index (χ4n) is 1.46. The number of aromatic nitrogens is 2. The molecule has 6 nitrogen and oxygen atoms in total. The molecular formula is C12H10BrN3O3. The minimum absolute atomic E-state index is 0.0653. The maximum Gasteiger partial charge on any atom is 0.322 e. The summed E-state index contributed by atoms with van der Waals surface area (Å²) < 4.78 is 6.04. The van der Waals surface area contributed by atoms with Crippen molar-refractivity contribution in [1.29, 1.82) is 0 Å². The van der Waals surface area contributed by atoms with Crippen LogP contribution in [0.15, 0.2) is 35.1 Å². The molecule has 19 heavy (non-hydrogen) atoms. The summed E-state index contributed by atoms with van der Waals surface area (Å²) in [6.07, 6.45) is 3.74. The molecule has 0 fully saturated rings. The van der Waals surface area contributed by atoms with Crippen molar-refractivity contribution in [3.05, 3.63) is 50.7 Å². The molecular weight excluding hydrogens is 314 g/mol. The van der Waals surface area contributed by atoms with Gasteiger partial charge in [-0.3, -0.25) is 10.1 Å². The van der Waals surface area contributed by atoms with Gasteiger partial charge in [-0.25, -0.2) is 9.97 Å². The van der Waals surface area contributed by atoms with Crippen molar-refractivity contribution in [1.82, 2.24) is 9.97 Å². The Morgan fingerprint density at radius 1 is 1.37 bits per heavy atom. The highest BCUT2D eigenvalue weighted by Gasteiger charge is 2.17. The van der Waals surface area contributed by atoms with Crippen molar-refractivity contribution in [3.8, 4) is 11.8 Å². The second-order valence-electron chi connectivity index (χ2n) is 3.70. The molecule has 0 radical (unpaired) electrons. The summed E-state index contributed by atoms with van der Waals surface area (Å²) >= 11 is 3.20. The first kappa shape index (κ1) is 13.4. The molecule has 0 bridgehead atoms. The number of hydrogen-bond donors (Lipinski definition) is 0. The van der Waals surface area contributed by atoms with Gasteiger partial charge >= 0.3 is 11.7 Å². The minimum Gasteiger partial charge on any atom is -0.417 e. The van der Waals surface area contributed by atoms with Crippen molar-refractivity contribution in [2.75, 3.05) is 0 Å². The first-order valence-corrected chi connectivity index (χ1v) is 6.32. The van der Waals surface area contributed by atoms with E-state index in [0.29, 0.717) is 4.47 Å². The zero-order valence-electron chi connectivity index (χ0n) is 10.0. The molecule has 0 aliphatic rings. The molecule has 0 saturated heterocycles. The van der Waals surface area contributed by atoms with E-state index < -0.39 is 4.92 Å². The van der Waals surface area contributed by atoms with Crippen molar-refractivity contribution in [2.45, 2.75) is 13.3 Å². The van der Waals surface area contributed by atoms with Crippen LogP contribution in [0.2, 0.25) is 0 Å². The normalized spacial score (nSPS) is 10.2. The van der Waals surface area contributed by atoms with Crippen LogP contribution in [-0.4, -0.2) is 14.9 Å². The first-order chi connectivity index (χ1) is 9.10. The van der Waals surface area contributed by atoms with Gasteiger partial charge in [-0.15, -0.1) is 0 Å². The van der Waals surface area contributed by atoms with Crippen LogP contribution in [0.5, 0.6) is 11.8 Å². The largest absolute Gasteiger partial charge is 0.417 e. The molecule has 0 N–H and O–H groups in total. The maximum atomic E-state index is 11.0. The summed E-state index contributed by atoms with van der Waals surface area (Å²) in [6, 6.07) is 4.90. The number of hydrogen-bond acceptors (Lipinski definition) is 5. The lowest BCUT2D eigenvalue weighted by atomic mass is 10.1. The van der Waals surface area contributed by atoms with E-state index >= 15 is 0 Å². The van der Waals surface area contributed by atoms with Crippen LogP contribution in [-0.2, 0) is 6.42 Å². The van der Waals surface area contributed by atoms with E-state index in [1.54, 1.807) is 12.1 Å². The van der Waals surface area contributed by atoms with Gasteiger partial charge in [0.15, 0.2) is 0 Å². The average Bonchev–Trinajstić information content (AvgIpc) is 2.41. The fourth-order valence-corrected chi connectivity index (χ4v) is 1.67. The number of nitro benzene ring substituents is 1. The van der Waals surface area contributed by atoms with Crippen LogP contribution in [0.4, 0.5) is 5.69 Å². The van der Waals surface area contributed by atoms with Crippen LogP contribution in [0.3, 0.4) is 0 Å². The minimum atomic E-state index is -0.479. The van der Waals surface area contributed by atoms with E-state index in [1.807, 2.05) is 6.92 Å². The summed E-state index contributed by atoms with van der Waals surface area (Å²) in [5, 5.41) is 11.0. The van der Waals surface area contributed by atoms with Crippen molar-refractivity contribution in [3.63, 3.8) is 0 Å². The molecule has 0 spiro atoms. The molecule has 0 saturated carbocycles. The smallest absolute Gasteiger partial charge is 0.322 e. The Balaban J connectivity index is 2.33. The molecule has 2 rings (SSSR count). The second kappa shape index (κ2) is 5.75. The number of benzene rings is 1. The SMILES string of the molecule is CCc1ccc(Oc2ncc(Br)cn2)c([N+](=O)[O-])c1. The van der Waals surface area contributed by atoms with Crippen LogP contribution in [0.25, 0.3) is 0 Å². The third kappa shape index (κ3) is 3.25. The molecule has 0 aliphatic heterocycles. The summed E-state index contributed by atoms with van der Waals surface area (Å²) in [7, 11) is 0. The molecule has 0 atom stereocenters. The summed E-state index contributed by atoms with van der Waals surface area (Å²) in [5.41, 5.74) is 0.779. The number of rotatable bonds is 4. The van der Waals surface area contributed by atoms with E-state index in [1.165, 1.54) is 18.5 Å². The fraction of sp³-hybridized carbons (Fsp3) is 0.167. The number of nitrogens with zero attached hydrogens (tertiary/aromatic N) is 3. The standard InChI is InChI=1S/C12H10BrN3O3/c1-2-8-3-4-11(10(5-8)16(17)18)19-12-14-6-9(13)7-15-12/h3-7H,2H2,1H3. The molecule has 0 aliphatic carbocycles. The molecule has 7 heteroatoms. The number of nitro groups is 1. The van der Waals surface area contributed by atoms with Gasteiger partial charge in [0.2, 0.25) is 5.75 Å². The van der Waals surface area contributed by atoms with E-state index in [2.05, 4.69) is 25.9 Å². The average molecular weight is 324 g/mol. The van der Waals surface area contributed by atoms with Crippen LogP contribution >= 0.6 is 15.9 Å². The second-order valence-corrected chi connectivity index (χ2v) is 4.61. The van der Waals surface area contributed by atoms with E-state index in [9.17, 15) is 10.1 Å². The zero-order valence-corrected chi connectivity index (χ0v) is 11.6. The Morgan fingerprint density at radius 2 is 2.05 bits per heavy atom. The Hall–Kier alpha value is -2.02. The van der Waals surface area contributed by atoms with Gasteiger partial charge in [-0.1, -0.05) is 13.0 Å². The van der Waals surface area contributed by atoms with Crippen LogP contribution in [0.1, 0.15) is 12.5 Å². The summed E-state index contributed by atoms with van der Waals surface area (Å²) in [4.78, 5) is 18.4. The molecule has 0 unspecified atom stereocenters. The Kier molecular flexibility index (Phi) is 4.06.